The molecule has 3 rings (SSSR count). The van der Waals surface area contributed by atoms with Crippen molar-refractivity contribution in [2.45, 2.75) is 43.7 Å². The van der Waals surface area contributed by atoms with Gasteiger partial charge in [-0.25, -0.2) is 0 Å². The first-order chi connectivity index (χ1) is 16.4. The monoisotopic (exact) mass is 501 g/mol. The van der Waals surface area contributed by atoms with Crippen molar-refractivity contribution in [3.05, 3.63) is 65.7 Å². The largest absolute Gasteiger partial charge is 0.471 e. The van der Waals surface area contributed by atoms with Gasteiger partial charge in [-0.05, 0) is 42.7 Å². The summed E-state index contributed by atoms with van der Waals surface area (Å²) in [6.07, 6.45) is -9.41. The van der Waals surface area contributed by atoms with Crippen molar-refractivity contribution in [1.82, 2.24) is 10.2 Å². The van der Waals surface area contributed by atoms with Crippen LogP contribution in [0.15, 0.2) is 54.6 Å². The minimum absolute atomic E-state index is 0.0634. The molecule has 188 valence electrons. The van der Waals surface area contributed by atoms with Crippen LogP contribution in [0, 0.1) is 0 Å². The zero-order valence-corrected chi connectivity index (χ0v) is 18.1. The fraction of sp³-hybridized carbons (Fsp3) is 0.348. The van der Waals surface area contributed by atoms with E-state index in [-0.39, 0.29) is 25.1 Å². The maximum atomic E-state index is 13.2. The molecule has 0 unspecified atom stereocenters. The number of amides is 3. The second-order valence-corrected chi connectivity index (χ2v) is 7.97. The van der Waals surface area contributed by atoms with Gasteiger partial charge in [0.2, 0.25) is 11.8 Å². The van der Waals surface area contributed by atoms with Gasteiger partial charge in [-0.3, -0.25) is 14.4 Å². The highest BCUT2D eigenvalue weighted by Gasteiger charge is 2.43. The van der Waals surface area contributed by atoms with Gasteiger partial charge in [0.25, 0.3) is 0 Å². The molecule has 2 atom stereocenters. The van der Waals surface area contributed by atoms with Gasteiger partial charge in [0.05, 0.1) is 5.56 Å². The van der Waals surface area contributed by atoms with Crippen LogP contribution in [-0.4, -0.2) is 47.4 Å². The molecule has 3 amide bonds. The Morgan fingerprint density at radius 2 is 1.57 bits per heavy atom. The number of carbonyl (C=O) groups excluding carboxylic acids is 3. The van der Waals surface area contributed by atoms with Gasteiger partial charge in [0, 0.05) is 18.7 Å². The van der Waals surface area contributed by atoms with Gasteiger partial charge in [-0.2, -0.15) is 26.3 Å². The Balaban J connectivity index is 1.76. The topological polar surface area (TPSA) is 78.5 Å². The molecule has 6 nitrogen and oxygen atoms in total. The smallest absolute Gasteiger partial charge is 0.336 e. The Bertz CT molecular complexity index is 1050. The van der Waals surface area contributed by atoms with Crippen molar-refractivity contribution in [3.63, 3.8) is 0 Å². The number of benzene rings is 2. The summed E-state index contributed by atoms with van der Waals surface area (Å²) < 4.78 is 76.8. The molecule has 0 aliphatic carbocycles. The van der Waals surface area contributed by atoms with E-state index in [2.05, 4.69) is 5.32 Å². The molecule has 1 aliphatic heterocycles. The fourth-order valence-corrected chi connectivity index (χ4v) is 3.76. The maximum absolute atomic E-state index is 13.2. The number of alkyl halides is 6. The van der Waals surface area contributed by atoms with Gasteiger partial charge in [-0.1, -0.05) is 30.3 Å². The summed E-state index contributed by atoms with van der Waals surface area (Å²) in [5, 5.41) is 4.15. The second-order valence-electron chi connectivity index (χ2n) is 7.97. The Morgan fingerprint density at radius 3 is 2.14 bits per heavy atom. The Hall–Kier alpha value is -3.57. The van der Waals surface area contributed by atoms with Gasteiger partial charge < -0.3 is 15.5 Å². The first-order valence-electron chi connectivity index (χ1n) is 10.6. The number of anilines is 1. The summed E-state index contributed by atoms with van der Waals surface area (Å²) in [5.41, 5.74) is -0.343. The molecule has 1 heterocycles. The summed E-state index contributed by atoms with van der Waals surface area (Å²) in [6.45, 7) is 0.0666. The lowest BCUT2D eigenvalue weighted by Crippen LogP contribution is -2.55. The number of nitrogens with zero attached hydrogens (tertiary/aromatic N) is 1. The molecule has 0 bridgehead atoms. The van der Waals surface area contributed by atoms with Crippen LogP contribution in [0.2, 0.25) is 0 Å². The molecular weight excluding hydrogens is 480 g/mol. The van der Waals surface area contributed by atoms with Crippen LogP contribution < -0.4 is 10.6 Å². The molecule has 0 spiro atoms. The summed E-state index contributed by atoms with van der Waals surface area (Å²) in [7, 11) is 0. The molecule has 35 heavy (non-hydrogen) atoms. The standard InChI is InChI=1S/C23H21F6N3O3/c24-22(25,26)15-8-10-16(11-9-15)30-19(33)18-7-4-12-32(18)20(34)17(31-21(35)23(27,28)29)13-14-5-2-1-3-6-14/h1-3,5-6,8-11,17-18H,4,7,12-13H2,(H,30,33)(H,31,35)/t17-,18+/m1/s1. The molecule has 2 aromatic carbocycles. The number of likely N-dealkylation sites (tertiary alicyclic amines) is 1. The molecule has 2 N–H and O–H groups in total. The van der Waals surface area contributed by atoms with Crippen LogP contribution in [0.25, 0.3) is 0 Å². The molecule has 1 saturated heterocycles. The molecule has 1 fully saturated rings. The third-order valence-corrected chi connectivity index (χ3v) is 5.46. The Morgan fingerprint density at radius 1 is 0.943 bits per heavy atom. The van der Waals surface area contributed by atoms with E-state index in [4.69, 9.17) is 0 Å². The summed E-state index contributed by atoms with van der Waals surface area (Å²) in [6, 6.07) is 9.14. The Labute approximate surface area is 196 Å². The van der Waals surface area contributed by atoms with E-state index in [1.807, 2.05) is 0 Å². The van der Waals surface area contributed by atoms with E-state index in [0.717, 1.165) is 29.2 Å². The van der Waals surface area contributed by atoms with E-state index in [1.54, 1.807) is 35.6 Å². The highest BCUT2D eigenvalue weighted by atomic mass is 19.4. The van der Waals surface area contributed by atoms with Gasteiger partial charge in [0.15, 0.2) is 0 Å². The van der Waals surface area contributed by atoms with Crippen molar-refractivity contribution in [2.75, 3.05) is 11.9 Å². The number of nitrogens with one attached hydrogen (secondary N) is 2. The molecule has 0 aromatic heterocycles. The van der Waals surface area contributed by atoms with Crippen LogP contribution in [0.3, 0.4) is 0 Å². The lowest BCUT2D eigenvalue weighted by Gasteiger charge is -2.29. The highest BCUT2D eigenvalue weighted by Crippen LogP contribution is 2.30. The summed E-state index contributed by atoms with van der Waals surface area (Å²) >= 11 is 0. The van der Waals surface area contributed by atoms with E-state index in [1.165, 1.54) is 0 Å². The summed E-state index contributed by atoms with van der Waals surface area (Å²) in [5.74, 6) is -3.84. The molecule has 1 aliphatic rings. The maximum Gasteiger partial charge on any atom is 0.471 e. The zero-order chi connectivity index (χ0) is 25.8. The molecule has 12 heteroatoms. The molecule has 0 radical (unpaired) electrons. The third kappa shape index (κ3) is 6.74. The van der Waals surface area contributed by atoms with Gasteiger partial charge >= 0.3 is 18.3 Å². The van der Waals surface area contributed by atoms with Gasteiger partial charge in [0.1, 0.15) is 12.1 Å². The highest BCUT2D eigenvalue weighted by molar-refractivity contribution is 5.99. The van der Waals surface area contributed by atoms with Crippen LogP contribution in [0.5, 0.6) is 0 Å². The van der Waals surface area contributed by atoms with E-state index in [0.29, 0.717) is 12.0 Å². The second kappa shape index (κ2) is 10.4. The lowest BCUT2D eigenvalue weighted by molar-refractivity contribution is -0.175. The fourth-order valence-electron chi connectivity index (χ4n) is 3.76. The van der Waals surface area contributed by atoms with Gasteiger partial charge in [-0.15, -0.1) is 0 Å². The minimum Gasteiger partial charge on any atom is -0.336 e. The van der Waals surface area contributed by atoms with E-state index < -0.39 is 47.7 Å². The predicted molar refractivity (Wildman–Crippen MR) is 113 cm³/mol. The van der Waals surface area contributed by atoms with Crippen LogP contribution in [0.1, 0.15) is 24.0 Å². The summed E-state index contributed by atoms with van der Waals surface area (Å²) in [4.78, 5) is 38.6. The lowest BCUT2D eigenvalue weighted by atomic mass is 10.0. The average Bonchev–Trinajstić information content (AvgIpc) is 3.28. The zero-order valence-electron chi connectivity index (χ0n) is 18.1. The molecule has 0 saturated carbocycles. The molecule has 2 aromatic rings. The number of halogens is 6. The van der Waals surface area contributed by atoms with Crippen molar-refractivity contribution < 1.29 is 40.7 Å². The van der Waals surface area contributed by atoms with E-state index in [9.17, 15) is 40.7 Å². The van der Waals surface area contributed by atoms with Crippen LogP contribution in [-0.2, 0) is 27.0 Å². The van der Waals surface area contributed by atoms with Crippen molar-refractivity contribution >= 4 is 23.4 Å². The number of hydrogen-bond donors (Lipinski definition) is 2. The van der Waals surface area contributed by atoms with Crippen molar-refractivity contribution in [3.8, 4) is 0 Å². The van der Waals surface area contributed by atoms with Crippen LogP contribution >= 0.6 is 0 Å². The SMILES string of the molecule is O=C(Nc1ccc(C(F)(F)F)cc1)[C@@H]1CCCN1C(=O)[C@@H](Cc1ccccc1)NC(=O)C(F)(F)F. The molecular formula is C23H21F6N3O3. The van der Waals surface area contributed by atoms with E-state index >= 15 is 0 Å². The normalized spacial score (nSPS) is 17.1. The average molecular weight is 501 g/mol. The Kier molecular flexibility index (Phi) is 7.71. The quantitative estimate of drug-likeness (QED) is 0.589. The van der Waals surface area contributed by atoms with Crippen molar-refractivity contribution in [2.24, 2.45) is 0 Å². The van der Waals surface area contributed by atoms with Crippen molar-refractivity contribution in [1.29, 1.82) is 0 Å². The number of hydrogen-bond acceptors (Lipinski definition) is 3. The first-order valence-corrected chi connectivity index (χ1v) is 10.6. The predicted octanol–water partition coefficient (Wildman–Crippen LogP) is 3.92. The number of carbonyl (C=O) groups is 3. The minimum atomic E-state index is -5.21. The number of rotatable bonds is 6. The third-order valence-electron chi connectivity index (χ3n) is 5.46. The first kappa shape index (κ1) is 26.0. The van der Waals surface area contributed by atoms with Crippen LogP contribution in [0.4, 0.5) is 32.0 Å².